The Morgan fingerprint density at radius 2 is 1.80 bits per heavy atom. The van der Waals surface area contributed by atoms with Crippen molar-refractivity contribution in [1.82, 2.24) is 4.90 Å². The molecule has 132 valence electrons. The van der Waals surface area contributed by atoms with Crippen molar-refractivity contribution in [3.05, 3.63) is 71.8 Å². The summed E-state index contributed by atoms with van der Waals surface area (Å²) in [4.78, 5) is 13.9. The average Bonchev–Trinajstić information content (AvgIpc) is 2.66. The first kappa shape index (κ1) is 17.6. The van der Waals surface area contributed by atoms with E-state index in [0.717, 1.165) is 11.1 Å². The van der Waals surface area contributed by atoms with Crippen LogP contribution in [0, 0.1) is 0 Å². The van der Waals surface area contributed by atoms with Crippen LogP contribution in [0.3, 0.4) is 0 Å². The Hall–Kier alpha value is -2.21. The molecule has 2 aromatic carbocycles. The highest BCUT2D eigenvalue weighted by molar-refractivity contribution is 5.78. The Labute approximate surface area is 147 Å². The first-order valence-electron chi connectivity index (χ1n) is 8.46. The molecule has 1 saturated heterocycles. The van der Waals surface area contributed by atoms with Crippen molar-refractivity contribution < 1.29 is 19.4 Å². The molecule has 0 bridgehead atoms. The molecule has 1 aliphatic heterocycles. The van der Waals surface area contributed by atoms with Crippen LogP contribution in [0.15, 0.2) is 60.7 Å². The molecule has 5 heteroatoms. The first-order valence-corrected chi connectivity index (χ1v) is 8.46. The molecule has 5 nitrogen and oxygen atoms in total. The van der Waals surface area contributed by atoms with Gasteiger partial charge in [0.1, 0.15) is 6.61 Å². The number of nitrogens with zero attached hydrogens (tertiary/aromatic N) is 1. The molecular formula is C20H23NO4. The van der Waals surface area contributed by atoms with Crippen molar-refractivity contribution >= 4 is 5.91 Å². The molecule has 0 spiro atoms. The van der Waals surface area contributed by atoms with Crippen molar-refractivity contribution in [2.24, 2.45) is 0 Å². The number of carbonyl (C=O) groups excluding carboxylic acids is 1. The van der Waals surface area contributed by atoms with Gasteiger partial charge in [-0.2, -0.15) is 0 Å². The number of amides is 1. The molecule has 3 rings (SSSR count). The van der Waals surface area contributed by atoms with Gasteiger partial charge in [0.2, 0.25) is 5.91 Å². The summed E-state index contributed by atoms with van der Waals surface area (Å²) in [6, 6.07) is 19.2. The monoisotopic (exact) mass is 341 g/mol. The maximum absolute atomic E-state index is 12.3. The smallest absolute Gasteiger partial charge is 0.249 e. The molecule has 1 N–H and O–H groups in total. The van der Waals surface area contributed by atoms with E-state index in [1.165, 1.54) is 0 Å². The summed E-state index contributed by atoms with van der Waals surface area (Å²) in [5, 5.41) is 9.79. The third kappa shape index (κ3) is 4.66. The standard InChI is InChI=1S/C20H23NO4/c22-12-19(17-9-5-2-6-10-17)21-11-18(25-15-20(21)23)14-24-13-16-7-3-1-4-8-16/h1-10,18-19,22H,11-15H2/t18-,19-/m0/s1. The number of carbonyl (C=O) groups is 1. The van der Waals surface area contributed by atoms with Crippen LogP contribution < -0.4 is 0 Å². The predicted molar refractivity (Wildman–Crippen MR) is 93.8 cm³/mol. The lowest BCUT2D eigenvalue weighted by Gasteiger charge is -2.37. The third-order valence-corrected chi connectivity index (χ3v) is 4.31. The molecule has 1 aliphatic rings. The molecule has 1 fully saturated rings. The highest BCUT2D eigenvalue weighted by Gasteiger charge is 2.32. The number of morpholine rings is 1. The van der Waals surface area contributed by atoms with Crippen LogP contribution in [-0.2, 0) is 20.9 Å². The minimum Gasteiger partial charge on any atom is -0.394 e. The van der Waals surface area contributed by atoms with Gasteiger partial charge in [0, 0.05) is 6.54 Å². The van der Waals surface area contributed by atoms with E-state index in [1.54, 1.807) is 4.90 Å². The highest BCUT2D eigenvalue weighted by Crippen LogP contribution is 2.23. The van der Waals surface area contributed by atoms with Crippen LogP contribution in [0.4, 0.5) is 0 Å². The summed E-state index contributed by atoms with van der Waals surface area (Å²) in [7, 11) is 0. The number of aliphatic hydroxyl groups excluding tert-OH is 1. The summed E-state index contributed by atoms with van der Waals surface area (Å²) in [5.74, 6) is -0.109. The van der Waals surface area contributed by atoms with Gasteiger partial charge in [-0.1, -0.05) is 60.7 Å². The van der Waals surface area contributed by atoms with E-state index in [9.17, 15) is 9.90 Å². The fourth-order valence-corrected chi connectivity index (χ4v) is 2.99. The lowest BCUT2D eigenvalue weighted by molar-refractivity contribution is -0.158. The van der Waals surface area contributed by atoms with E-state index in [0.29, 0.717) is 19.8 Å². The van der Waals surface area contributed by atoms with Gasteiger partial charge in [-0.15, -0.1) is 0 Å². The van der Waals surface area contributed by atoms with Gasteiger partial charge < -0.3 is 19.5 Å². The van der Waals surface area contributed by atoms with Gasteiger partial charge in [0.15, 0.2) is 0 Å². The molecule has 0 saturated carbocycles. The lowest BCUT2D eigenvalue weighted by Crippen LogP contribution is -2.50. The summed E-state index contributed by atoms with van der Waals surface area (Å²) in [6.45, 7) is 1.23. The minimum absolute atomic E-state index is 0.0166. The second-order valence-corrected chi connectivity index (χ2v) is 6.09. The Morgan fingerprint density at radius 3 is 2.48 bits per heavy atom. The summed E-state index contributed by atoms with van der Waals surface area (Å²) < 4.78 is 11.3. The minimum atomic E-state index is -0.353. The Kier molecular flexibility index (Phi) is 6.17. The SMILES string of the molecule is O=C1CO[C@H](COCc2ccccc2)CN1[C@@H](CO)c1ccccc1. The number of hydrogen-bond acceptors (Lipinski definition) is 4. The zero-order chi connectivity index (χ0) is 17.5. The average molecular weight is 341 g/mol. The molecule has 1 amide bonds. The Balaban J connectivity index is 1.58. The van der Waals surface area contributed by atoms with E-state index in [4.69, 9.17) is 9.47 Å². The van der Waals surface area contributed by atoms with Gasteiger partial charge in [0.05, 0.1) is 32.0 Å². The molecular weight excluding hydrogens is 318 g/mol. The van der Waals surface area contributed by atoms with Crippen LogP contribution in [0.1, 0.15) is 17.2 Å². The molecule has 1 heterocycles. The van der Waals surface area contributed by atoms with E-state index in [1.807, 2.05) is 60.7 Å². The van der Waals surface area contributed by atoms with Crippen molar-refractivity contribution in [3.63, 3.8) is 0 Å². The first-order chi connectivity index (χ1) is 12.3. The quantitative estimate of drug-likeness (QED) is 0.838. The third-order valence-electron chi connectivity index (χ3n) is 4.31. The van der Waals surface area contributed by atoms with Gasteiger partial charge >= 0.3 is 0 Å². The maximum Gasteiger partial charge on any atom is 0.249 e. The van der Waals surface area contributed by atoms with Crippen LogP contribution in [0.2, 0.25) is 0 Å². The molecule has 0 aliphatic carbocycles. The van der Waals surface area contributed by atoms with E-state index in [-0.39, 0.29) is 31.3 Å². The van der Waals surface area contributed by atoms with Crippen LogP contribution >= 0.6 is 0 Å². The molecule has 2 atom stereocenters. The van der Waals surface area contributed by atoms with Crippen LogP contribution in [-0.4, -0.2) is 48.4 Å². The van der Waals surface area contributed by atoms with E-state index >= 15 is 0 Å². The second-order valence-electron chi connectivity index (χ2n) is 6.09. The number of ether oxygens (including phenoxy) is 2. The number of rotatable bonds is 7. The Bertz CT molecular complexity index is 662. The van der Waals surface area contributed by atoms with Gasteiger partial charge in [0.25, 0.3) is 0 Å². The molecule has 2 aromatic rings. The zero-order valence-corrected chi connectivity index (χ0v) is 14.1. The molecule has 0 radical (unpaired) electrons. The number of hydrogen-bond donors (Lipinski definition) is 1. The van der Waals surface area contributed by atoms with Crippen molar-refractivity contribution in [1.29, 1.82) is 0 Å². The van der Waals surface area contributed by atoms with E-state index < -0.39 is 0 Å². The number of aliphatic hydroxyl groups is 1. The fourth-order valence-electron chi connectivity index (χ4n) is 2.99. The molecule has 0 aromatic heterocycles. The van der Waals surface area contributed by atoms with Crippen molar-refractivity contribution in [3.8, 4) is 0 Å². The van der Waals surface area contributed by atoms with Crippen molar-refractivity contribution in [2.75, 3.05) is 26.4 Å². The highest BCUT2D eigenvalue weighted by atomic mass is 16.5. The van der Waals surface area contributed by atoms with Gasteiger partial charge in [-0.3, -0.25) is 4.79 Å². The topological polar surface area (TPSA) is 59.0 Å². The molecule has 0 unspecified atom stereocenters. The van der Waals surface area contributed by atoms with Crippen LogP contribution in [0.5, 0.6) is 0 Å². The van der Waals surface area contributed by atoms with Gasteiger partial charge in [-0.05, 0) is 11.1 Å². The summed E-state index contributed by atoms with van der Waals surface area (Å²) in [5.41, 5.74) is 2.02. The maximum atomic E-state index is 12.3. The van der Waals surface area contributed by atoms with Crippen LogP contribution in [0.25, 0.3) is 0 Å². The Morgan fingerprint density at radius 1 is 1.12 bits per heavy atom. The summed E-state index contributed by atoms with van der Waals surface area (Å²) in [6.07, 6.45) is -0.195. The largest absolute Gasteiger partial charge is 0.394 e. The second kappa shape index (κ2) is 8.76. The lowest BCUT2D eigenvalue weighted by atomic mass is 10.0. The summed E-state index contributed by atoms with van der Waals surface area (Å²) >= 11 is 0. The van der Waals surface area contributed by atoms with Gasteiger partial charge in [-0.25, -0.2) is 0 Å². The van der Waals surface area contributed by atoms with Crippen molar-refractivity contribution in [2.45, 2.75) is 18.8 Å². The predicted octanol–water partition coefficient (Wildman–Crippen LogP) is 2.16. The normalized spacial score (nSPS) is 19.0. The fraction of sp³-hybridized carbons (Fsp3) is 0.350. The zero-order valence-electron chi connectivity index (χ0n) is 14.1. The van der Waals surface area contributed by atoms with E-state index in [2.05, 4.69) is 0 Å². The number of benzene rings is 2. The molecule has 25 heavy (non-hydrogen) atoms.